The van der Waals surface area contributed by atoms with E-state index >= 15 is 0 Å². The van der Waals surface area contributed by atoms with E-state index < -0.39 is 0 Å². The molecular formula is C18H15N5O2S2. The van der Waals surface area contributed by atoms with Crippen molar-refractivity contribution in [2.75, 3.05) is 5.32 Å². The van der Waals surface area contributed by atoms with E-state index in [1.54, 1.807) is 6.92 Å². The predicted molar refractivity (Wildman–Crippen MR) is 105 cm³/mol. The van der Waals surface area contributed by atoms with Crippen molar-refractivity contribution in [1.82, 2.24) is 20.4 Å². The maximum Gasteiger partial charge on any atom is 0.226 e. The first-order chi connectivity index (χ1) is 13.2. The highest BCUT2D eigenvalue weighted by molar-refractivity contribution is 8.00. The Balaban J connectivity index is 1.33. The summed E-state index contributed by atoms with van der Waals surface area (Å²) in [4.78, 5) is 0. The molecule has 0 radical (unpaired) electrons. The molecule has 2 heterocycles. The Morgan fingerprint density at radius 1 is 0.963 bits per heavy atom. The number of anilines is 2. The van der Waals surface area contributed by atoms with Crippen LogP contribution in [0.15, 0.2) is 63.4 Å². The molecule has 27 heavy (non-hydrogen) atoms. The molecular weight excluding hydrogens is 382 g/mol. The third-order valence-electron chi connectivity index (χ3n) is 3.38. The number of hydrogen-bond acceptors (Lipinski definition) is 9. The van der Waals surface area contributed by atoms with Crippen LogP contribution in [0, 0.1) is 6.92 Å². The van der Waals surface area contributed by atoms with E-state index in [9.17, 15) is 0 Å². The largest absolute Gasteiger partial charge is 0.457 e. The molecule has 0 saturated carbocycles. The lowest BCUT2D eigenvalue weighted by atomic mass is 10.3. The van der Waals surface area contributed by atoms with Gasteiger partial charge in [-0.2, -0.15) is 0 Å². The van der Waals surface area contributed by atoms with Crippen LogP contribution in [0.5, 0.6) is 11.5 Å². The minimum atomic E-state index is 0.560. The van der Waals surface area contributed by atoms with Crippen LogP contribution in [-0.2, 0) is 5.75 Å². The fourth-order valence-electron chi connectivity index (χ4n) is 2.19. The molecule has 0 aliphatic rings. The van der Waals surface area contributed by atoms with Gasteiger partial charge in [0.15, 0.2) is 4.34 Å². The molecule has 0 aliphatic heterocycles. The maximum absolute atomic E-state index is 5.79. The van der Waals surface area contributed by atoms with Crippen molar-refractivity contribution in [1.29, 1.82) is 0 Å². The van der Waals surface area contributed by atoms with E-state index in [0.717, 1.165) is 26.7 Å². The first-order valence-electron chi connectivity index (χ1n) is 8.10. The van der Waals surface area contributed by atoms with Gasteiger partial charge in [0.05, 0.1) is 5.75 Å². The van der Waals surface area contributed by atoms with Gasteiger partial charge in [-0.25, -0.2) is 0 Å². The number of nitrogens with one attached hydrogen (secondary N) is 1. The third-order valence-corrected chi connectivity index (χ3v) is 5.33. The number of para-hydroxylation sites is 1. The molecule has 136 valence electrons. The first kappa shape index (κ1) is 17.5. The SMILES string of the molecule is Cc1nnc(CSc2nnc(Nc3ccc(Oc4ccccc4)cc3)s2)o1. The molecule has 0 aliphatic carbocycles. The van der Waals surface area contributed by atoms with E-state index in [0.29, 0.717) is 17.5 Å². The smallest absolute Gasteiger partial charge is 0.226 e. The summed E-state index contributed by atoms with van der Waals surface area (Å²) >= 11 is 2.98. The summed E-state index contributed by atoms with van der Waals surface area (Å²) in [5, 5.41) is 20.1. The van der Waals surface area contributed by atoms with Gasteiger partial charge in [0.25, 0.3) is 0 Å². The van der Waals surface area contributed by atoms with Crippen molar-refractivity contribution in [3.05, 3.63) is 66.4 Å². The van der Waals surface area contributed by atoms with Gasteiger partial charge in [-0.1, -0.05) is 41.3 Å². The Morgan fingerprint density at radius 3 is 2.48 bits per heavy atom. The number of rotatable bonds is 7. The van der Waals surface area contributed by atoms with Gasteiger partial charge in [0.2, 0.25) is 16.9 Å². The van der Waals surface area contributed by atoms with Crippen molar-refractivity contribution in [2.45, 2.75) is 17.0 Å². The van der Waals surface area contributed by atoms with Crippen LogP contribution in [0.25, 0.3) is 0 Å². The molecule has 4 aromatic rings. The third kappa shape index (κ3) is 4.83. The van der Waals surface area contributed by atoms with Crippen LogP contribution in [0.4, 0.5) is 10.8 Å². The number of nitrogens with zero attached hydrogens (tertiary/aromatic N) is 4. The van der Waals surface area contributed by atoms with Gasteiger partial charge in [-0.3, -0.25) is 0 Å². The van der Waals surface area contributed by atoms with Gasteiger partial charge in [-0.05, 0) is 36.4 Å². The summed E-state index contributed by atoms with van der Waals surface area (Å²) in [5.74, 6) is 3.29. The highest BCUT2D eigenvalue weighted by atomic mass is 32.2. The van der Waals surface area contributed by atoms with Gasteiger partial charge in [0.1, 0.15) is 11.5 Å². The van der Waals surface area contributed by atoms with E-state index in [1.807, 2.05) is 54.6 Å². The molecule has 0 bridgehead atoms. The summed E-state index contributed by atoms with van der Waals surface area (Å²) in [6, 6.07) is 17.4. The molecule has 7 nitrogen and oxygen atoms in total. The lowest BCUT2D eigenvalue weighted by Crippen LogP contribution is -1.90. The average Bonchev–Trinajstić information content (AvgIpc) is 3.31. The van der Waals surface area contributed by atoms with Crippen molar-refractivity contribution < 1.29 is 9.15 Å². The molecule has 2 aromatic heterocycles. The van der Waals surface area contributed by atoms with E-state index in [2.05, 4.69) is 25.7 Å². The lowest BCUT2D eigenvalue weighted by Gasteiger charge is -2.06. The molecule has 0 saturated heterocycles. The van der Waals surface area contributed by atoms with E-state index in [4.69, 9.17) is 9.15 Å². The van der Waals surface area contributed by atoms with Gasteiger partial charge < -0.3 is 14.5 Å². The lowest BCUT2D eigenvalue weighted by molar-refractivity contribution is 0.483. The van der Waals surface area contributed by atoms with Gasteiger partial charge in [-0.15, -0.1) is 20.4 Å². The summed E-state index contributed by atoms with van der Waals surface area (Å²) in [7, 11) is 0. The number of benzene rings is 2. The molecule has 4 rings (SSSR count). The van der Waals surface area contributed by atoms with E-state index in [-0.39, 0.29) is 0 Å². The van der Waals surface area contributed by atoms with Crippen molar-refractivity contribution >= 4 is 33.9 Å². The number of thioether (sulfide) groups is 1. The van der Waals surface area contributed by atoms with Crippen LogP contribution >= 0.6 is 23.1 Å². The standard InChI is InChI=1S/C18H15N5O2S2/c1-12-20-21-16(24-12)11-26-18-23-22-17(27-18)19-13-7-9-15(10-8-13)25-14-5-3-2-4-6-14/h2-10H,11H2,1H3,(H,19,22). The molecule has 1 N–H and O–H groups in total. The minimum Gasteiger partial charge on any atom is -0.457 e. The topological polar surface area (TPSA) is 86.0 Å². The van der Waals surface area contributed by atoms with Crippen molar-refractivity contribution in [2.24, 2.45) is 0 Å². The Hall–Kier alpha value is -2.91. The van der Waals surface area contributed by atoms with Crippen LogP contribution in [0.3, 0.4) is 0 Å². The summed E-state index contributed by atoms with van der Waals surface area (Å²) < 4.78 is 12.0. The number of aromatic nitrogens is 4. The average molecular weight is 397 g/mol. The highest BCUT2D eigenvalue weighted by Gasteiger charge is 2.09. The zero-order valence-electron chi connectivity index (χ0n) is 14.3. The Bertz CT molecular complexity index is 1000. The second-order valence-electron chi connectivity index (χ2n) is 5.44. The summed E-state index contributed by atoms with van der Waals surface area (Å²) in [5.41, 5.74) is 0.913. The van der Waals surface area contributed by atoms with Crippen LogP contribution in [0.1, 0.15) is 11.8 Å². The zero-order valence-corrected chi connectivity index (χ0v) is 16.0. The van der Waals surface area contributed by atoms with Crippen LogP contribution in [0.2, 0.25) is 0 Å². The Labute approximate surface area is 163 Å². The van der Waals surface area contributed by atoms with Crippen molar-refractivity contribution in [3.63, 3.8) is 0 Å². The monoisotopic (exact) mass is 397 g/mol. The minimum absolute atomic E-state index is 0.560. The van der Waals surface area contributed by atoms with Crippen LogP contribution in [-0.4, -0.2) is 20.4 Å². The molecule has 0 amide bonds. The maximum atomic E-state index is 5.79. The normalized spacial score (nSPS) is 10.7. The fourth-order valence-corrected chi connectivity index (χ4v) is 3.80. The molecule has 0 fully saturated rings. The highest BCUT2D eigenvalue weighted by Crippen LogP contribution is 2.30. The van der Waals surface area contributed by atoms with Gasteiger partial charge in [0, 0.05) is 12.6 Å². The number of aryl methyl sites for hydroxylation is 1. The summed E-state index contributed by atoms with van der Waals surface area (Å²) in [6.07, 6.45) is 0. The molecule has 9 heteroatoms. The quantitative estimate of drug-likeness (QED) is 0.433. The van der Waals surface area contributed by atoms with Crippen molar-refractivity contribution in [3.8, 4) is 11.5 Å². The fraction of sp³-hybridized carbons (Fsp3) is 0.111. The molecule has 0 atom stereocenters. The second kappa shape index (κ2) is 8.19. The Morgan fingerprint density at radius 2 is 1.74 bits per heavy atom. The van der Waals surface area contributed by atoms with Crippen LogP contribution < -0.4 is 10.1 Å². The zero-order chi connectivity index (χ0) is 18.5. The van der Waals surface area contributed by atoms with Gasteiger partial charge >= 0.3 is 0 Å². The molecule has 0 unspecified atom stereocenters. The first-order valence-corrected chi connectivity index (χ1v) is 9.90. The predicted octanol–water partition coefficient (Wildman–Crippen LogP) is 5.06. The number of hydrogen-bond donors (Lipinski definition) is 1. The number of ether oxygens (including phenoxy) is 1. The summed E-state index contributed by atoms with van der Waals surface area (Å²) in [6.45, 7) is 1.77. The molecule has 0 spiro atoms. The Kier molecular flexibility index (Phi) is 5.31. The van der Waals surface area contributed by atoms with E-state index in [1.165, 1.54) is 23.1 Å². The second-order valence-corrected chi connectivity index (χ2v) is 7.64. The molecule has 2 aromatic carbocycles.